The smallest absolute Gasteiger partial charge is 0.232 e. The van der Waals surface area contributed by atoms with Crippen LogP contribution >= 0.6 is 0 Å². The molecule has 80 valence electrons. The molecule has 0 unspecified atom stereocenters. The predicted molar refractivity (Wildman–Crippen MR) is 65.7 cm³/mol. The molecule has 2 aromatic rings. The van der Waals surface area contributed by atoms with E-state index in [0.717, 1.165) is 11.4 Å². The maximum atomic E-state index is 4.26. The lowest BCUT2D eigenvalue weighted by molar-refractivity contribution is -0.663. The van der Waals surface area contributed by atoms with E-state index in [-0.39, 0.29) is 0 Å². The molecule has 2 heteroatoms. The number of nitrogens with zero attached hydrogens (tertiary/aromatic N) is 2. The van der Waals surface area contributed by atoms with Gasteiger partial charge in [0.2, 0.25) is 0 Å². The first-order valence-electron chi connectivity index (χ1n) is 5.26. The van der Waals surface area contributed by atoms with E-state index < -0.39 is 0 Å². The summed E-state index contributed by atoms with van der Waals surface area (Å²) in [5, 5.41) is 0. The van der Waals surface area contributed by atoms with Gasteiger partial charge in [-0.3, -0.25) is 0 Å². The van der Waals surface area contributed by atoms with Gasteiger partial charge in [-0.25, -0.2) is 4.57 Å². The number of hydrogen-bond acceptors (Lipinski definition) is 1. The summed E-state index contributed by atoms with van der Waals surface area (Å²) in [7, 11) is 2.00. The molecule has 1 aromatic carbocycles. The topological polar surface area (TPSA) is 16.8 Å². The highest BCUT2D eigenvalue weighted by molar-refractivity contribution is 5.62. The minimum Gasteiger partial charge on any atom is -0.232 e. The number of benzene rings is 1. The van der Waals surface area contributed by atoms with Gasteiger partial charge in [0, 0.05) is 11.6 Å². The average Bonchev–Trinajstić information content (AvgIpc) is 2.31. The lowest BCUT2D eigenvalue weighted by atomic mass is 10.0. The second-order valence-electron chi connectivity index (χ2n) is 3.83. The van der Waals surface area contributed by atoms with E-state index in [1.807, 2.05) is 17.9 Å². The Bertz CT molecular complexity index is 530. The molecule has 0 aliphatic carbocycles. The summed E-state index contributed by atoms with van der Waals surface area (Å²) >= 11 is 0. The molecule has 0 aliphatic rings. The largest absolute Gasteiger partial charge is 0.287 e. The minimum atomic E-state index is 0.899. The van der Waals surface area contributed by atoms with Crippen molar-refractivity contribution in [3.05, 3.63) is 54.5 Å². The molecule has 0 fully saturated rings. The van der Waals surface area contributed by atoms with E-state index in [9.17, 15) is 0 Å². The van der Waals surface area contributed by atoms with Crippen molar-refractivity contribution in [2.75, 3.05) is 0 Å². The van der Waals surface area contributed by atoms with Crippen molar-refractivity contribution in [2.45, 2.75) is 6.92 Å². The summed E-state index contributed by atoms with van der Waals surface area (Å²) in [6.07, 6.45) is 3.58. The second-order valence-corrected chi connectivity index (χ2v) is 3.83. The third kappa shape index (κ3) is 1.87. The standard InChI is InChI=1S/C14H15N2/c1-4-12-9-14(16(3)10-15-12)13-8-6-5-7-11(13)2/h4-10H,1H2,2-3H3/q+1. The van der Waals surface area contributed by atoms with E-state index >= 15 is 0 Å². The van der Waals surface area contributed by atoms with Gasteiger partial charge in [-0.05, 0) is 23.5 Å². The Labute approximate surface area is 95.9 Å². The van der Waals surface area contributed by atoms with Crippen LogP contribution in [0.4, 0.5) is 0 Å². The Hall–Kier alpha value is -1.96. The van der Waals surface area contributed by atoms with Gasteiger partial charge in [0.15, 0.2) is 5.69 Å². The van der Waals surface area contributed by atoms with Crippen LogP contribution in [0, 0.1) is 6.92 Å². The summed E-state index contributed by atoms with van der Waals surface area (Å²) in [5.74, 6) is 0. The molecular weight excluding hydrogens is 196 g/mol. The molecule has 0 N–H and O–H groups in total. The zero-order chi connectivity index (χ0) is 11.5. The van der Waals surface area contributed by atoms with Crippen molar-refractivity contribution < 1.29 is 4.57 Å². The molecule has 0 saturated heterocycles. The third-order valence-corrected chi connectivity index (χ3v) is 2.67. The zero-order valence-electron chi connectivity index (χ0n) is 9.64. The van der Waals surface area contributed by atoms with Gasteiger partial charge in [-0.15, -0.1) is 0 Å². The Morgan fingerprint density at radius 1 is 1.31 bits per heavy atom. The fourth-order valence-corrected chi connectivity index (χ4v) is 1.73. The summed E-state index contributed by atoms with van der Waals surface area (Å²) in [6.45, 7) is 5.86. The first-order chi connectivity index (χ1) is 7.72. The van der Waals surface area contributed by atoms with Gasteiger partial charge in [-0.1, -0.05) is 30.8 Å². The summed E-state index contributed by atoms with van der Waals surface area (Å²) < 4.78 is 2.02. The zero-order valence-corrected chi connectivity index (χ0v) is 9.64. The predicted octanol–water partition coefficient (Wildman–Crippen LogP) is 2.52. The number of rotatable bonds is 2. The molecule has 0 amide bonds. The molecule has 0 spiro atoms. The van der Waals surface area contributed by atoms with Crippen molar-refractivity contribution in [1.29, 1.82) is 0 Å². The van der Waals surface area contributed by atoms with E-state index in [1.165, 1.54) is 11.1 Å². The van der Waals surface area contributed by atoms with Crippen molar-refractivity contribution in [3.63, 3.8) is 0 Å². The van der Waals surface area contributed by atoms with Gasteiger partial charge < -0.3 is 0 Å². The maximum Gasteiger partial charge on any atom is 0.287 e. The van der Waals surface area contributed by atoms with E-state index in [1.54, 1.807) is 6.08 Å². The van der Waals surface area contributed by atoms with Gasteiger partial charge >= 0.3 is 0 Å². The molecule has 0 atom stereocenters. The van der Waals surface area contributed by atoms with Crippen LogP contribution in [0.15, 0.2) is 43.2 Å². The van der Waals surface area contributed by atoms with Crippen LogP contribution < -0.4 is 4.57 Å². The van der Waals surface area contributed by atoms with Crippen LogP contribution in [0.5, 0.6) is 0 Å². The number of hydrogen-bond donors (Lipinski definition) is 0. The van der Waals surface area contributed by atoms with Crippen LogP contribution in [0.1, 0.15) is 11.3 Å². The monoisotopic (exact) mass is 211 g/mol. The molecular formula is C14H15N2+. The molecule has 16 heavy (non-hydrogen) atoms. The first kappa shape index (κ1) is 10.6. The average molecular weight is 211 g/mol. The number of aryl methyl sites for hydroxylation is 2. The lowest BCUT2D eigenvalue weighted by Crippen LogP contribution is -2.31. The highest BCUT2D eigenvalue weighted by Crippen LogP contribution is 2.19. The fraction of sp³-hybridized carbons (Fsp3) is 0.143. The summed E-state index contributed by atoms with van der Waals surface area (Å²) in [5.41, 5.74) is 4.55. The molecule has 0 saturated carbocycles. The molecule has 2 rings (SSSR count). The molecule has 2 nitrogen and oxygen atoms in total. The molecule has 0 aliphatic heterocycles. The van der Waals surface area contributed by atoms with Gasteiger partial charge in [0.1, 0.15) is 5.69 Å². The Balaban J connectivity index is 2.63. The van der Waals surface area contributed by atoms with E-state index in [2.05, 4.69) is 48.8 Å². The van der Waals surface area contributed by atoms with Crippen molar-refractivity contribution in [3.8, 4) is 11.3 Å². The van der Waals surface area contributed by atoms with Gasteiger partial charge in [0.25, 0.3) is 6.33 Å². The van der Waals surface area contributed by atoms with E-state index in [4.69, 9.17) is 0 Å². The first-order valence-corrected chi connectivity index (χ1v) is 5.26. The Morgan fingerprint density at radius 2 is 2.06 bits per heavy atom. The second kappa shape index (κ2) is 4.27. The normalized spacial score (nSPS) is 10.1. The molecule has 0 radical (unpaired) electrons. The highest BCUT2D eigenvalue weighted by Gasteiger charge is 2.10. The fourth-order valence-electron chi connectivity index (χ4n) is 1.73. The summed E-state index contributed by atoms with van der Waals surface area (Å²) in [4.78, 5) is 4.26. The van der Waals surface area contributed by atoms with Crippen LogP contribution in [0.25, 0.3) is 17.3 Å². The highest BCUT2D eigenvalue weighted by atomic mass is 15.0. The van der Waals surface area contributed by atoms with Crippen molar-refractivity contribution in [1.82, 2.24) is 4.98 Å². The van der Waals surface area contributed by atoms with Crippen molar-refractivity contribution >= 4 is 6.08 Å². The Morgan fingerprint density at radius 3 is 2.75 bits per heavy atom. The van der Waals surface area contributed by atoms with Crippen molar-refractivity contribution in [2.24, 2.45) is 7.05 Å². The van der Waals surface area contributed by atoms with Crippen LogP contribution in [0.3, 0.4) is 0 Å². The lowest BCUT2D eigenvalue weighted by Gasteiger charge is -2.05. The van der Waals surface area contributed by atoms with E-state index in [0.29, 0.717) is 0 Å². The molecule has 0 bridgehead atoms. The minimum absolute atomic E-state index is 0.899. The van der Waals surface area contributed by atoms with Crippen LogP contribution in [-0.2, 0) is 7.05 Å². The van der Waals surface area contributed by atoms with Crippen LogP contribution in [-0.4, -0.2) is 4.98 Å². The third-order valence-electron chi connectivity index (χ3n) is 2.67. The quantitative estimate of drug-likeness (QED) is 0.697. The summed E-state index contributed by atoms with van der Waals surface area (Å²) in [6, 6.07) is 10.4. The molecule has 1 aromatic heterocycles. The van der Waals surface area contributed by atoms with Gasteiger partial charge in [-0.2, -0.15) is 0 Å². The maximum absolute atomic E-state index is 4.26. The SMILES string of the molecule is C=Cc1cc(-c2ccccc2C)[n+](C)cn1. The van der Waals surface area contributed by atoms with Crippen LogP contribution in [0.2, 0.25) is 0 Å². The Kier molecular flexibility index (Phi) is 2.82. The molecule has 1 heterocycles. The van der Waals surface area contributed by atoms with Gasteiger partial charge in [0.05, 0.1) is 7.05 Å². The number of aromatic nitrogens is 2.